The maximum absolute atomic E-state index is 14.6. The molecule has 2 aliphatic rings. The third kappa shape index (κ3) is 2.00. The number of halogens is 3. The van der Waals surface area contributed by atoms with Crippen LogP contribution in [0.5, 0.6) is 5.75 Å². The van der Waals surface area contributed by atoms with Crippen LogP contribution in [0.4, 0.5) is 8.78 Å². The van der Waals surface area contributed by atoms with Crippen molar-refractivity contribution in [1.82, 2.24) is 0 Å². The topological polar surface area (TPSA) is 56.8 Å². The molecule has 3 rings (SSSR count). The lowest BCUT2D eigenvalue weighted by atomic mass is 9.79. The molecule has 1 spiro atoms. The maximum atomic E-state index is 14.6. The van der Waals surface area contributed by atoms with Gasteiger partial charge in [0.1, 0.15) is 24.8 Å². The number of aliphatic imine (C=N–C) groups is 1. The van der Waals surface area contributed by atoms with Gasteiger partial charge in [-0.2, -0.15) is 0 Å². The molecule has 0 saturated carbocycles. The summed E-state index contributed by atoms with van der Waals surface area (Å²) in [5.74, 6) is -2.65. The van der Waals surface area contributed by atoms with Gasteiger partial charge < -0.3 is 15.2 Å². The average Bonchev–Trinajstić information content (AvgIpc) is 2.49. The van der Waals surface area contributed by atoms with Gasteiger partial charge in [-0.1, -0.05) is 15.9 Å². The highest BCUT2D eigenvalue weighted by Crippen LogP contribution is 2.51. The van der Waals surface area contributed by atoms with Gasteiger partial charge >= 0.3 is 0 Å². The molecule has 0 aromatic heterocycles. The number of hydrogen-bond donors (Lipinski definition) is 1. The second kappa shape index (κ2) is 4.66. The summed E-state index contributed by atoms with van der Waals surface area (Å²) in [4.78, 5) is 4.12. The number of hydrogen-bond acceptors (Lipinski definition) is 4. The van der Waals surface area contributed by atoms with Crippen LogP contribution in [0.25, 0.3) is 0 Å². The minimum atomic E-state index is -3.15. The van der Waals surface area contributed by atoms with Crippen LogP contribution in [-0.2, 0) is 10.3 Å². The van der Waals surface area contributed by atoms with Crippen LogP contribution in [0, 0.1) is 0 Å². The summed E-state index contributed by atoms with van der Waals surface area (Å²) >= 11 is 3.30. The molecule has 1 aromatic carbocycles. The van der Waals surface area contributed by atoms with E-state index >= 15 is 0 Å². The summed E-state index contributed by atoms with van der Waals surface area (Å²) in [5, 5.41) is 0. The minimum Gasteiger partial charge on any atom is -0.493 e. The summed E-state index contributed by atoms with van der Waals surface area (Å²) in [5.41, 5.74) is 4.32. The Kier molecular flexibility index (Phi) is 3.21. The zero-order chi connectivity index (χ0) is 14.4. The van der Waals surface area contributed by atoms with Gasteiger partial charge in [0.2, 0.25) is 0 Å². The van der Waals surface area contributed by atoms with Crippen molar-refractivity contribution in [3.05, 3.63) is 28.2 Å². The molecule has 0 unspecified atom stereocenters. The van der Waals surface area contributed by atoms with Gasteiger partial charge in [0, 0.05) is 16.5 Å². The van der Waals surface area contributed by atoms with Crippen molar-refractivity contribution in [2.45, 2.75) is 17.9 Å². The minimum absolute atomic E-state index is 0.0630. The number of nitrogens with zero attached hydrogens (tertiary/aromatic N) is 1. The summed E-state index contributed by atoms with van der Waals surface area (Å²) < 4.78 is 40.4. The highest BCUT2D eigenvalue weighted by atomic mass is 79.9. The molecule has 20 heavy (non-hydrogen) atoms. The van der Waals surface area contributed by atoms with Crippen molar-refractivity contribution in [2.75, 3.05) is 19.8 Å². The van der Waals surface area contributed by atoms with Crippen LogP contribution >= 0.6 is 15.9 Å². The number of rotatable bonds is 0. The number of alkyl halides is 2. The Morgan fingerprint density at radius 1 is 1.35 bits per heavy atom. The third-order valence-electron chi connectivity index (χ3n) is 3.58. The van der Waals surface area contributed by atoms with E-state index in [9.17, 15) is 8.78 Å². The maximum Gasteiger partial charge on any atom is 0.299 e. The fourth-order valence-electron chi connectivity index (χ4n) is 2.65. The molecule has 2 aliphatic heterocycles. The van der Waals surface area contributed by atoms with Crippen LogP contribution in [0.2, 0.25) is 0 Å². The number of fused-ring (bicyclic) bond motifs is 2. The van der Waals surface area contributed by atoms with E-state index < -0.39 is 18.1 Å². The zero-order valence-corrected chi connectivity index (χ0v) is 12.1. The number of benzene rings is 1. The normalized spacial score (nSPS) is 28.2. The van der Waals surface area contributed by atoms with E-state index in [2.05, 4.69) is 20.9 Å². The summed E-state index contributed by atoms with van der Waals surface area (Å²) in [6.07, 6.45) is 0.0630. The first-order valence-corrected chi connectivity index (χ1v) is 6.96. The Balaban J connectivity index is 2.25. The second-order valence-electron chi connectivity index (χ2n) is 4.90. The number of nitrogens with two attached hydrogens (primary N) is 1. The van der Waals surface area contributed by atoms with Crippen LogP contribution in [0.3, 0.4) is 0 Å². The second-order valence-corrected chi connectivity index (χ2v) is 5.82. The van der Waals surface area contributed by atoms with Gasteiger partial charge in [-0.3, -0.25) is 4.99 Å². The van der Waals surface area contributed by atoms with Crippen LogP contribution in [-0.4, -0.2) is 31.6 Å². The molecular weight excluding hydrogens is 334 g/mol. The predicted octanol–water partition coefficient (Wildman–Crippen LogP) is 2.45. The van der Waals surface area contributed by atoms with Crippen molar-refractivity contribution in [3.8, 4) is 5.75 Å². The van der Waals surface area contributed by atoms with E-state index in [0.717, 1.165) is 0 Å². The van der Waals surface area contributed by atoms with Gasteiger partial charge in [-0.25, -0.2) is 8.78 Å². The van der Waals surface area contributed by atoms with Gasteiger partial charge in [-0.15, -0.1) is 0 Å². The van der Waals surface area contributed by atoms with Crippen molar-refractivity contribution in [2.24, 2.45) is 10.7 Å². The first-order chi connectivity index (χ1) is 9.45. The lowest BCUT2D eigenvalue weighted by Gasteiger charge is -2.40. The molecule has 0 amide bonds. The quantitative estimate of drug-likeness (QED) is 0.784. The lowest BCUT2D eigenvalue weighted by Crippen LogP contribution is -2.49. The molecular formula is C13H13BrF2N2O2. The molecule has 0 bridgehead atoms. The van der Waals surface area contributed by atoms with Gasteiger partial charge in [0.25, 0.3) is 5.92 Å². The summed E-state index contributed by atoms with van der Waals surface area (Å²) in [7, 11) is 0. The standard InChI is InChI=1S/C13H13BrF2N2O2/c14-8-1-2-10-9(5-8)12(3-4-20-10)13(15,16)7-19-6-11(17)18-12/h1-2,5H,3-4,6-7H2,(H2,17,18)/t12-/m1/s1. The van der Waals surface area contributed by atoms with E-state index in [1.165, 1.54) is 0 Å². The van der Waals surface area contributed by atoms with Gasteiger partial charge in [-0.05, 0) is 18.2 Å². The molecule has 1 aromatic rings. The van der Waals surface area contributed by atoms with Gasteiger partial charge in [0.05, 0.1) is 6.61 Å². The van der Waals surface area contributed by atoms with E-state index in [1.54, 1.807) is 18.2 Å². The Morgan fingerprint density at radius 3 is 2.95 bits per heavy atom. The zero-order valence-electron chi connectivity index (χ0n) is 10.5. The van der Waals surface area contributed by atoms with E-state index in [-0.39, 0.29) is 25.5 Å². The van der Waals surface area contributed by atoms with Crippen LogP contribution in [0.1, 0.15) is 12.0 Å². The van der Waals surface area contributed by atoms with Gasteiger partial charge in [0.15, 0.2) is 5.54 Å². The van der Waals surface area contributed by atoms with E-state index in [1.807, 2.05) is 0 Å². The highest BCUT2D eigenvalue weighted by molar-refractivity contribution is 9.10. The smallest absolute Gasteiger partial charge is 0.299 e. The molecule has 2 heterocycles. The molecule has 0 radical (unpaired) electrons. The van der Waals surface area contributed by atoms with Crippen LogP contribution < -0.4 is 10.5 Å². The van der Waals surface area contributed by atoms with E-state index in [4.69, 9.17) is 15.2 Å². The molecule has 0 fully saturated rings. The molecule has 108 valence electrons. The Bertz CT molecular complexity index is 579. The summed E-state index contributed by atoms with van der Waals surface area (Å²) in [6.45, 7) is -0.619. The Hall–Kier alpha value is -1.21. The highest BCUT2D eigenvalue weighted by Gasteiger charge is 2.58. The average molecular weight is 347 g/mol. The fourth-order valence-corrected chi connectivity index (χ4v) is 3.01. The third-order valence-corrected chi connectivity index (χ3v) is 4.07. The molecule has 4 nitrogen and oxygen atoms in total. The van der Waals surface area contributed by atoms with Crippen molar-refractivity contribution >= 4 is 21.8 Å². The molecule has 0 saturated heterocycles. The van der Waals surface area contributed by atoms with Crippen molar-refractivity contribution in [3.63, 3.8) is 0 Å². The van der Waals surface area contributed by atoms with Crippen molar-refractivity contribution < 1.29 is 18.3 Å². The Labute approximate surface area is 123 Å². The summed E-state index contributed by atoms with van der Waals surface area (Å²) in [6, 6.07) is 5.02. The number of ether oxygens (including phenoxy) is 2. The lowest BCUT2D eigenvalue weighted by molar-refractivity contribution is -0.129. The fraction of sp³-hybridized carbons (Fsp3) is 0.462. The first kappa shape index (κ1) is 13.8. The SMILES string of the molecule is NC1=N[C@@]2(CCOc3ccc(Br)cc32)C(F)(F)COC1. The van der Waals surface area contributed by atoms with E-state index in [0.29, 0.717) is 15.8 Å². The molecule has 7 heteroatoms. The molecule has 2 N–H and O–H groups in total. The monoisotopic (exact) mass is 346 g/mol. The Morgan fingerprint density at radius 2 is 2.15 bits per heavy atom. The van der Waals surface area contributed by atoms with Crippen molar-refractivity contribution in [1.29, 1.82) is 0 Å². The number of amidine groups is 1. The van der Waals surface area contributed by atoms with Crippen LogP contribution in [0.15, 0.2) is 27.7 Å². The molecule has 1 atom stereocenters. The largest absolute Gasteiger partial charge is 0.493 e. The predicted molar refractivity (Wildman–Crippen MR) is 73.3 cm³/mol. The first-order valence-electron chi connectivity index (χ1n) is 6.17. The molecule has 0 aliphatic carbocycles.